The van der Waals surface area contributed by atoms with Crippen LogP contribution in [0.15, 0.2) is 48.8 Å². The average molecular weight is 339 g/mol. The molecule has 3 aromatic rings. The molecule has 2 N–H and O–H groups in total. The number of rotatable bonds is 5. The molecular formula is C18H15F2N5. The Labute approximate surface area is 143 Å². The van der Waals surface area contributed by atoms with Crippen molar-refractivity contribution in [2.24, 2.45) is 0 Å². The van der Waals surface area contributed by atoms with Crippen molar-refractivity contribution in [3.8, 4) is 11.3 Å². The SMILES string of the molecule is Fc1ccc(Nc2cc(-c3ccncc3)nc(NC3CC3)n2)c(F)c1. The summed E-state index contributed by atoms with van der Waals surface area (Å²) in [6, 6.07) is 9.14. The Morgan fingerprint density at radius 3 is 2.48 bits per heavy atom. The Morgan fingerprint density at radius 2 is 1.76 bits per heavy atom. The quantitative estimate of drug-likeness (QED) is 0.732. The molecule has 0 aliphatic heterocycles. The minimum Gasteiger partial charge on any atom is -0.351 e. The fraction of sp³-hybridized carbons (Fsp3) is 0.167. The van der Waals surface area contributed by atoms with Gasteiger partial charge >= 0.3 is 0 Å². The Balaban J connectivity index is 1.70. The summed E-state index contributed by atoms with van der Waals surface area (Å²) in [4.78, 5) is 12.9. The summed E-state index contributed by atoms with van der Waals surface area (Å²) in [5.41, 5.74) is 1.71. The van der Waals surface area contributed by atoms with Crippen molar-refractivity contribution in [2.45, 2.75) is 18.9 Å². The van der Waals surface area contributed by atoms with E-state index in [1.165, 1.54) is 12.1 Å². The van der Waals surface area contributed by atoms with Crippen LogP contribution in [-0.2, 0) is 0 Å². The van der Waals surface area contributed by atoms with Crippen molar-refractivity contribution >= 4 is 17.5 Å². The van der Waals surface area contributed by atoms with E-state index >= 15 is 0 Å². The van der Waals surface area contributed by atoms with Gasteiger partial charge in [0.05, 0.1) is 11.4 Å². The standard InChI is InChI=1S/C18H15F2N5/c19-12-1-4-15(14(20)9-12)23-17-10-16(11-5-7-21-8-6-11)24-18(25-17)22-13-2-3-13/h1,4-10,13H,2-3H2,(H2,22,23,24,25). The van der Waals surface area contributed by atoms with Crippen molar-refractivity contribution in [1.29, 1.82) is 0 Å². The molecule has 25 heavy (non-hydrogen) atoms. The molecule has 0 saturated heterocycles. The Bertz CT molecular complexity index is 897. The van der Waals surface area contributed by atoms with Gasteiger partial charge in [0.25, 0.3) is 0 Å². The maximum absolute atomic E-state index is 13.9. The molecule has 2 aromatic heterocycles. The van der Waals surface area contributed by atoms with Gasteiger partial charge in [0, 0.05) is 36.1 Å². The van der Waals surface area contributed by atoms with Crippen molar-refractivity contribution in [3.63, 3.8) is 0 Å². The molecule has 0 spiro atoms. The van der Waals surface area contributed by atoms with Crippen molar-refractivity contribution in [3.05, 3.63) is 60.4 Å². The zero-order valence-electron chi connectivity index (χ0n) is 13.2. The third-order valence-corrected chi connectivity index (χ3v) is 3.81. The zero-order chi connectivity index (χ0) is 17.2. The van der Waals surface area contributed by atoms with E-state index in [1.807, 2.05) is 12.1 Å². The van der Waals surface area contributed by atoms with E-state index in [0.29, 0.717) is 23.5 Å². The van der Waals surface area contributed by atoms with Gasteiger partial charge in [-0.25, -0.2) is 13.8 Å². The lowest BCUT2D eigenvalue weighted by Gasteiger charge is -2.11. The summed E-state index contributed by atoms with van der Waals surface area (Å²) < 4.78 is 27.0. The largest absolute Gasteiger partial charge is 0.351 e. The molecule has 0 unspecified atom stereocenters. The van der Waals surface area contributed by atoms with E-state index in [2.05, 4.69) is 25.6 Å². The van der Waals surface area contributed by atoms with Crippen molar-refractivity contribution in [2.75, 3.05) is 10.6 Å². The first-order chi connectivity index (χ1) is 12.2. The van der Waals surface area contributed by atoms with Crippen LogP contribution in [0.1, 0.15) is 12.8 Å². The maximum atomic E-state index is 13.9. The Morgan fingerprint density at radius 1 is 0.960 bits per heavy atom. The van der Waals surface area contributed by atoms with Gasteiger partial charge < -0.3 is 10.6 Å². The molecular weight excluding hydrogens is 324 g/mol. The van der Waals surface area contributed by atoms with E-state index in [9.17, 15) is 8.78 Å². The first-order valence-corrected chi connectivity index (χ1v) is 7.95. The van der Waals surface area contributed by atoms with E-state index < -0.39 is 11.6 Å². The number of hydrogen-bond acceptors (Lipinski definition) is 5. The van der Waals surface area contributed by atoms with Crippen LogP contribution >= 0.6 is 0 Å². The van der Waals surface area contributed by atoms with Crippen molar-refractivity contribution in [1.82, 2.24) is 15.0 Å². The van der Waals surface area contributed by atoms with Crippen LogP contribution in [0, 0.1) is 11.6 Å². The third-order valence-electron chi connectivity index (χ3n) is 3.81. The number of nitrogens with one attached hydrogen (secondary N) is 2. The zero-order valence-corrected chi connectivity index (χ0v) is 13.2. The minimum absolute atomic E-state index is 0.151. The number of anilines is 3. The molecule has 1 saturated carbocycles. The second kappa shape index (κ2) is 6.43. The molecule has 0 radical (unpaired) electrons. The highest BCUT2D eigenvalue weighted by Gasteiger charge is 2.22. The van der Waals surface area contributed by atoms with Gasteiger partial charge in [-0.1, -0.05) is 0 Å². The van der Waals surface area contributed by atoms with Crippen LogP contribution in [0.3, 0.4) is 0 Å². The maximum Gasteiger partial charge on any atom is 0.225 e. The molecule has 1 aliphatic rings. The first-order valence-electron chi connectivity index (χ1n) is 7.95. The number of benzene rings is 1. The molecule has 2 heterocycles. The Hall–Kier alpha value is -3.09. The smallest absolute Gasteiger partial charge is 0.225 e. The molecule has 4 rings (SSSR count). The predicted molar refractivity (Wildman–Crippen MR) is 91.5 cm³/mol. The van der Waals surface area contributed by atoms with E-state index in [1.54, 1.807) is 18.5 Å². The summed E-state index contributed by atoms with van der Waals surface area (Å²) >= 11 is 0. The van der Waals surface area contributed by atoms with Crippen LogP contribution in [0.4, 0.5) is 26.2 Å². The second-order valence-corrected chi connectivity index (χ2v) is 5.87. The molecule has 0 bridgehead atoms. The summed E-state index contributed by atoms with van der Waals surface area (Å²) in [5, 5.41) is 6.14. The highest BCUT2D eigenvalue weighted by atomic mass is 19.1. The summed E-state index contributed by atoms with van der Waals surface area (Å²) in [6.07, 6.45) is 5.52. The predicted octanol–water partition coefficient (Wildman–Crippen LogP) is 4.13. The lowest BCUT2D eigenvalue weighted by molar-refractivity contribution is 0.586. The summed E-state index contributed by atoms with van der Waals surface area (Å²) in [6.45, 7) is 0. The van der Waals surface area contributed by atoms with Crippen LogP contribution in [0.2, 0.25) is 0 Å². The average Bonchev–Trinajstić information content (AvgIpc) is 3.42. The van der Waals surface area contributed by atoms with Crippen LogP contribution in [-0.4, -0.2) is 21.0 Å². The number of nitrogens with zero attached hydrogens (tertiary/aromatic N) is 3. The molecule has 1 aliphatic carbocycles. The molecule has 7 heteroatoms. The topological polar surface area (TPSA) is 62.7 Å². The van der Waals surface area contributed by atoms with E-state index in [4.69, 9.17) is 0 Å². The number of pyridine rings is 1. The molecule has 126 valence electrons. The van der Waals surface area contributed by atoms with Gasteiger partial charge in [0.15, 0.2) is 0 Å². The van der Waals surface area contributed by atoms with Gasteiger partial charge in [-0.2, -0.15) is 4.98 Å². The number of hydrogen-bond donors (Lipinski definition) is 2. The second-order valence-electron chi connectivity index (χ2n) is 5.87. The first kappa shape index (κ1) is 15.4. The molecule has 1 fully saturated rings. The van der Waals surface area contributed by atoms with Gasteiger partial charge in [0.2, 0.25) is 5.95 Å². The fourth-order valence-electron chi connectivity index (χ4n) is 2.39. The van der Waals surface area contributed by atoms with E-state index in [-0.39, 0.29) is 5.69 Å². The lowest BCUT2D eigenvalue weighted by Crippen LogP contribution is -2.08. The molecule has 5 nitrogen and oxygen atoms in total. The third kappa shape index (κ3) is 3.71. The molecule has 0 atom stereocenters. The fourth-order valence-corrected chi connectivity index (χ4v) is 2.39. The highest BCUT2D eigenvalue weighted by Crippen LogP contribution is 2.28. The summed E-state index contributed by atoms with van der Waals surface area (Å²) in [7, 11) is 0. The van der Waals surface area contributed by atoms with Crippen LogP contribution < -0.4 is 10.6 Å². The lowest BCUT2D eigenvalue weighted by atomic mass is 10.2. The Kier molecular flexibility index (Phi) is 3.97. The van der Waals surface area contributed by atoms with Gasteiger partial charge in [-0.05, 0) is 37.1 Å². The van der Waals surface area contributed by atoms with Gasteiger partial charge in [-0.3, -0.25) is 4.98 Å². The minimum atomic E-state index is -0.680. The molecule has 1 aromatic carbocycles. The summed E-state index contributed by atoms with van der Waals surface area (Å²) in [5.74, 6) is -0.405. The van der Waals surface area contributed by atoms with Gasteiger partial charge in [0.1, 0.15) is 17.5 Å². The number of aromatic nitrogens is 3. The van der Waals surface area contributed by atoms with E-state index in [0.717, 1.165) is 24.5 Å². The molecule has 0 amide bonds. The highest BCUT2D eigenvalue weighted by molar-refractivity contribution is 5.67. The number of halogens is 2. The van der Waals surface area contributed by atoms with Gasteiger partial charge in [-0.15, -0.1) is 0 Å². The monoisotopic (exact) mass is 339 g/mol. The van der Waals surface area contributed by atoms with Crippen LogP contribution in [0.5, 0.6) is 0 Å². The normalized spacial score (nSPS) is 13.5. The van der Waals surface area contributed by atoms with Crippen LogP contribution in [0.25, 0.3) is 11.3 Å². The van der Waals surface area contributed by atoms with Crippen molar-refractivity contribution < 1.29 is 8.78 Å².